The van der Waals surface area contributed by atoms with Gasteiger partial charge in [0.2, 0.25) is 0 Å². The molecule has 1 rings (SSSR count). The van der Waals surface area contributed by atoms with Crippen molar-refractivity contribution < 1.29 is 4.79 Å². The Morgan fingerprint density at radius 2 is 2.17 bits per heavy atom. The van der Waals surface area contributed by atoms with Crippen molar-refractivity contribution >= 4 is 23.2 Å². The number of carbonyl (C=O) groups is 1. The number of amides is 1. The normalized spacial score (nSPS) is 11.7. The number of pyridine rings is 1. The van der Waals surface area contributed by atoms with Crippen molar-refractivity contribution in [3.8, 4) is 0 Å². The van der Waals surface area contributed by atoms with Crippen LogP contribution in [0.4, 0.5) is 5.69 Å². The molecule has 0 aliphatic rings. The molecule has 1 aromatic rings. The molecule has 1 heterocycles. The third-order valence-corrected chi connectivity index (χ3v) is 3.62. The van der Waals surface area contributed by atoms with E-state index in [2.05, 4.69) is 38.0 Å². The molecule has 1 amide bonds. The SMILES string of the molecule is CC(C)C(C)(C)CNC(=O)c1cc(Cl)ncc1N. The predicted octanol–water partition coefficient (Wildman–Crippen LogP) is 2.73. The van der Waals surface area contributed by atoms with Crippen LogP contribution in [-0.2, 0) is 0 Å². The Morgan fingerprint density at radius 1 is 1.56 bits per heavy atom. The molecule has 18 heavy (non-hydrogen) atoms. The Balaban J connectivity index is 2.75. The molecule has 1 aromatic heterocycles. The maximum Gasteiger partial charge on any atom is 0.253 e. The summed E-state index contributed by atoms with van der Waals surface area (Å²) in [6.07, 6.45) is 1.39. The molecule has 5 heteroatoms. The Bertz CT molecular complexity index is 444. The van der Waals surface area contributed by atoms with Gasteiger partial charge in [0.15, 0.2) is 0 Å². The van der Waals surface area contributed by atoms with Crippen molar-refractivity contribution in [3.05, 3.63) is 23.0 Å². The van der Waals surface area contributed by atoms with Crippen LogP contribution in [0.2, 0.25) is 5.15 Å². The van der Waals surface area contributed by atoms with Crippen LogP contribution in [0.5, 0.6) is 0 Å². The summed E-state index contributed by atoms with van der Waals surface area (Å²) in [6.45, 7) is 9.07. The fourth-order valence-corrected chi connectivity index (χ4v) is 1.40. The molecule has 0 spiro atoms. The van der Waals surface area contributed by atoms with Crippen LogP contribution in [0.3, 0.4) is 0 Å². The smallest absolute Gasteiger partial charge is 0.253 e. The van der Waals surface area contributed by atoms with E-state index in [9.17, 15) is 4.79 Å². The number of nitrogens with two attached hydrogens (primary N) is 1. The summed E-state index contributed by atoms with van der Waals surface area (Å²) in [5.74, 6) is 0.252. The number of anilines is 1. The highest BCUT2D eigenvalue weighted by molar-refractivity contribution is 6.29. The van der Waals surface area contributed by atoms with Gasteiger partial charge in [-0.15, -0.1) is 0 Å². The summed E-state index contributed by atoms with van der Waals surface area (Å²) < 4.78 is 0. The van der Waals surface area contributed by atoms with Gasteiger partial charge in [-0.1, -0.05) is 39.3 Å². The minimum absolute atomic E-state index is 0.0290. The van der Waals surface area contributed by atoms with Crippen molar-refractivity contribution in [3.63, 3.8) is 0 Å². The summed E-state index contributed by atoms with van der Waals surface area (Å²) >= 11 is 5.75. The van der Waals surface area contributed by atoms with Gasteiger partial charge in [0.05, 0.1) is 17.4 Å². The van der Waals surface area contributed by atoms with E-state index in [-0.39, 0.29) is 16.5 Å². The summed E-state index contributed by atoms with van der Waals surface area (Å²) in [5, 5.41) is 3.14. The number of rotatable bonds is 4. The van der Waals surface area contributed by atoms with E-state index >= 15 is 0 Å². The number of carbonyl (C=O) groups excluding carboxylic acids is 1. The zero-order chi connectivity index (χ0) is 13.9. The first-order valence-corrected chi connectivity index (χ1v) is 6.31. The predicted molar refractivity (Wildman–Crippen MR) is 74.6 cm³/mol. The summed E-state index contributed by atoms with van der Waals surface area (Å²) in [7, 11) is 0. The zero-order valence-corrected chi connectivity index (χ0v) is 12.0. The third kappa shape index (κ3) is 3.60. The summed E-state index contributed by atoms with van der Waals surface area (Å²) in [5.41, 5.74) is 6.44. The van der Waals surface area contributed by atoms with E-state index in [1.54, 1.807) is 0 Å². The molecular formula is C13H20ClN3O. The molecular weight excluding hydrogens is 250 g/mol. The second-order valence-corrected chi connectivity index (χ2v) is 5.81. The van der Waals surface area contributed by atoms with Gasteiger partial charge >= 0.3 is 0 Å². The molecule has 0 aliphatic carbocycles. The molecule has 100 valence electrons. The first kappa shape index (κ1) is 14.8. The summed E-state index contributed by atoms with van der Waals surface area (Å²) in [4.78, 5) is 15.8. The zero-order valence-electron chi connectivity index (χ0n) is 11.2. The molecule has 0 bridgehead atoms. The number of halogens is 1. The molecule has 0 aliphatic heterocycles. The lowest BCUT2D eigenvalue weighted by Crippen LogP contribution is -2.37. The first-order chi connectivity index (χ1) is 8.24. The minimum Gasteiger partial charge on any atom is -0.397 e. The average Bonchev–Trinajstić information content (AvgIpc) is 2.29. The van der Waals surface area contributed by atoms with Crippen molar-refractivity contribution in [2.75, 3.05) is 12.3 Å². The maximum absolute atomic E-state index is 12.0. The van der Waals surface area contributed by atoms with Gasteiger partial charge in [-0.2, -0.15) is 0 Å². The highest BCUT2D eigenvalue weighted by Gasteiger charge is 2.23. The largest absolute Gasteiger partial charge is 0.397 e. The molecule has 0 aromatic carbocycles. The van der Waals surface area contributed by atoms with E-state index in [1.165, 1.54) is 12.3 Å². The standard InChI is InChI=1S/C13H20ClN3O/c1-8(2)13(3,4)7-17-12(18)9-5-11(14)16-6-10(9)15/h5-6,8H,7,15H2,1-4H3,(H,17,18). The van der Waals surface area contributed by atoms with Gasteiger partial charge in [0, 0.05) is 6.54 Å². The second kappa shape index (κ2) is 5.57. The van der Waals surface area contributed by atoms with E-state index in [0.29, 0.717) is 23.7 Å². The lowest BCUT2D eigenvalue weighted by molar-refractivity contribution is 0.0925. The number of hydrogen-bond donors (Lipinski definition) is 2. The average molecular weight is 270 g/mol. The maximum atomic E-state index is 12.0. The minimum atomic E-state index is -0.217. The molecule has 0 saturated carbocycles. The lowest BCUT2D eigenvalue weighted by atomic mass is 9.81. The Kier molecular flexibility index (Phi) is 4.57. The highest BCUT2D eigenvalue weighted by atomic mass is 35.5. The van der Waals surface area contributed by atoms with Crippen LogP contribution in [0.15, 0.2) is 12.3 Å². The van der Waals surface area contributed by atoms with Gasteiger partial charge in [-0.25, -0.2) is 4.98 Å². The van der Waals surface area contributed by atoms with E-state index in [1.807, 2.05) is 0 Å². The molecule has 0 fully saturated rings. The Labute approximate surface area is 113 Å². The molecule has 0 unspecified atom stereocenters. The number of nitrogens with one attached hydrogen (secondary N) is 1. The van der Waals surface area contributed by atoms with Crippen molar-refractivity contribution in [1.82, 2.24) is 10.3 Å². The third-order valence-electron chi connectivity index (χ3n) is 3.41. The van der Waals surface area contributed by atoms with E-state index in [0.717, 1.165) is 0 Å². The fraction of sp³-hybridized carbons (Fsp3) is 0.538. The summed E-state index contributed by atoms with van der Waals surface area (Å²) in [6, 6.07) is 1.48. The first-order valence-electron chi connectivity index (χ1n) is 5.93. The van der Waals surface area contributed by atoms with Crippen molar-refractivity contribution in [2.24, 2.45) is 11.3 Å². The highest BCUT2D eigenvalue weighted by Crippen LogP contribution is 2.25. The van der Waals surface area contributed by atoms with Crippen molar-refractivity contribution in [1.29, 1.82) is 0 Å². The Morgan fingerprint density at radius 3 is 2.72 bits per heavy atom. The molecule has 0 saturated heterocycles. The van der Waals surface area contributed by atoms with Gasteiger partial charge in [0.1, 0.15) is 5.15 Å². The topological polar surface area (TPSA) is 68.0 Å². The lowest BCUT2D eigenvalue weighted by Gasteiger charge is -2.29. The number of nitrogens with zero attached hydrogens (tertiary/aromatic N) is 1. The molecule has 0 radical (unpaired) electrons. The molecule has 3 N–H and O–H groups in total. The van der Waals surface area contributed by atoms with Crippen LogP contribution in [0.25, 0.3) is 0 Å². The number of hydrogen-bond acceptors (Lipinski definition) is 3. The number of aromatic nitrogens is 1. The molecule has 4 nitrogen and oxygen atoms in total. The van der Waals surface area contributed by atoms with Crippen LogP contribution in [0, 0.1) is 11.3 Å². The number of nitrogen functional groups attached to an aromatic ring is 1. The fourth-order valence-electron chi connectivity index (χ4n) is 1.24. The molecule has 0 atom stereocenters. The van der Waals surface area contributed by atoms with Gasteiger partial charge in [0.25, 0.3) is 5.91 Å². The quantitative estimate of drug-likeness (QED) is 0.826. The van der Waals surface area contributed by atoms with Crippen LogP contribution in [-0.4, -0.2) is 17.4 Å². The Hall–Kier alpha value is -1.29. The van der Waals surface area contributed by atoms with E-state index in [4.69, 9.17) is 17.3 Å². The van der Waals surface area contributed by atoms with Gasteiger partial charge in [-0.3, -0.25) is 4.79 Å². The monoisotopic (exact) mass is 269 g/mol. The van der Waals surface area contributed by atoms with Gasteiger partial charge < -0.3 is 11.1 Å². The van der Waals surface area contributed by atoms with Crippen LogP contribution >= 0.6 is 11.6 Å². The second-order valence-electron chi connectivity index (χ2n) is 5.42. The van der Waals surface area contributed by atoms with E-state index < -0.39 is 0 Å². The van der Waals surface area contributed by atoms with Crippen molar-refractivity contribution in [2.45, 2.75) is 27.7 Å². The van der Waals surface area contributed by atoms with Crippen LogP contribution < -0.4 is 11.1 Å². The van der Waals surface area contributed by atoms with Crippen LogP contribution in [0.1, 0.15) is 38.1 Å². The van der Waals surface area contributed by atoms with Gasteiger partial charge in [-0.05, 0) is 17.4 Å².